The Labute approximate surface area is 112 Å². The van der Waals surface area contributed by atoms with Crippen molar-refractivity contribution < 1.29 is 24.6 Å². The maximum atomic E-state index is 11.9. The summed E-state index contributed by atoms with van der Waals surface area (Å²) >= 11 is 0.878. The molecule has 0 fully saturated rings. The Morgan fingerprint density at radius 1 is 1.37 bits per heavy atom. The van der Waals surface area contributed by atoms with Crippen LogP contribution < -0.4 is 5.32 Å². The van der Waals surface area contributed by atoms with E-state index in [1.807, 2.05) is 0 Å². The summed E-state index contributed by atoms with van der Waals surface area (Å²) in [6.45, 7) is 1.80. The maximum absolute atomic E-state index is 11.9. The molecule has 0 spiro atoms. The summed E-state index contributed by atoms with van der Waals surface area (Å²) < 4.78 is 3.63. The Balaban J connectivity index is 2.71. The number of hydrogen-bond acceptors (Lipinski definition) is 6. The van der Waals surface area contributed by atoms with Gasteiger partial charge in [-0.25, -0.2) is 4.79 Å². The zero-order valence-electron chi connectivity index (χ0n) is 10.1. The van der Waals surface area contributed by atoms with E-state index >= 15 is 0 Å². The lowest BCUT2D eigenvalue weighted by molar-refractivity contribution is -0.140. The van der Waals surface area contributed by atoms with Gasteiger partial charge in [-0.3, -0.25) is 9.59 Å². The Hall–Kier alpha value is -2.03. The van der Waals surface area contributed by atoms with Crippen LogP contribution in [-0.4, -0.2) is 43.7 Å². The van der Waals surface area contributed by atoms with Crippen LogP contribution in [0.3, 0.4) is 0 Å². The van der Waals surface area contributed by atoms with Gasteiger partial charge in [-0.2, -0.15) is 0 Å². The molecule has 19 heavy (non-hydrogen) atoms. The number of aliphatic carboxylic acids is 2. The number of rotatable bonds is 7. The van der Waals surface area contributed by atoms with Gasteiger partial charge in [0.25, 0.3) is 5.91 Å². The van der Waals surface area contributed by atoms with E-state index in [0.29, 0.717) is 12.1 Å². The number of hydrogen-bond donors (Lipinski definition) is 3. The van der Waals surface area contributed by atoms with Crippen LogP contribution >= 0.6 is 11.5 Å². The first-order valence-corrected chi connectivity index (χ1v) is 6.29. The van der Waals surface area contributed by atoms with E-state index < -0.39 is 23.9 Å². The van der Waals surface area contributed by atoms with E-state index in [9.17, 15) is 14.4 Å². The lowest BCUT2D eigenvalue weighted by Crippen LogP contribution is -2.41. The molecule has 1 rings (SSSR count). The number of aromatic nitrogens is 2. The second kappa shape index (κ2) is 6.78. The first kappa shape index (κ1) is 15.0. The van der Waals surface area contributed by atoms with Crippen molar-refractivity contribution in [2.45, 2.75) is 32.2 Å². The predicted octanol–water partition coefficient (Wildman–Crippen LogP) is 0.148. The molecule has 1 heterocycles. The minimum atomic E-state index is -1.27. The van der Waals surface area contributed by atoms with E-state index in [1.165, 1.54) is 0 Å². The lowest BCUT2D eigenvalue weighted by atomic mass is 10.1. The van der Waals surface area contributed by atoms with Crippen molar-refractivity contribution in [2.24, 2.45) is 0 Å². The van der Waals surface area contributed by atoms with Gasteiger partial charge in [0.2, 0.25) is 0 Å². The largest absolute Gasteiger partial charge is 0.481 e. The summed E-state index contributed by atoms with van der Waals surface area (Å²) in [5, 5.41) is 23.5. The Morgan fingerprint density at radius 2 is 2.05 bits per heavy atom. The molecule has 104 valence electrons. The molecule has 1 aromatic heterocycles. The predicted molar refractivity (Wildman–Crippen MR) is 65.0 cm³/mol. The van der Waals surface area contributed by atoms with E-state index in [1.54, 1.807) is 6.92 Å². The number of carbonyl (C=O) groups excluding carboxylic acids is 1. The normalized spacial score (nSPS) is 11.8. The lowest BCUT2D eigenvalue weighted by Gasteiger charge is -2.12. The Morgan fingerprint density at radius 3 is 2.58 bits per heavy atom. The number of amides is 1. The summed E-state index contributed by atoms with van der Waals surface area (Å²) in [6, 6.07) is -1.24. The molecule has 1 amide bonds. The maximum Gasteiger partial charge on any atom is 0.326 e. The Kier molecular flexibility index (Phi) is 5.37. The fourth-order valence-corrected chi connectivity index (χ4v) is 2.01. The van der Waals surface area contributed by atoms with Crippen LogP contribution in [0.4, 0.5) is 0 Å². The summed E-state index contributed by atoms with van der Waals surface area (Å²) in [4.78, 5) is 33.5. The zero-order valence-corrected chi connectivity index (χ0v) is 10.9. The first-order chi connectivity index (χ1) is 8.95. The van der Waals surface area contributed by atoms with Gasteiger partial charge in [0.1, 0.15) is 10.9 Å². The number of carboxylic acid groups (broad SMARTS) is 2. The standard InChI is InChI=1S/C10H13N3O5S/c1-2-5-8(19-13-12-5)9(16)11-6(10(17)18)3-4-7(14)15/h6H,2-4H2,1H3,(H,11,16)(H,14,15)(H,17,18)/t6-/m0/s1. The topological polar surface area (TPSA) is 129 Å². The van der Waals surface area contributed by atoms with Gasteiger partial charge in [-0.05, 0) is 24.4 Å². The molecule has 0 saturated carbocycles. The van der Waals surface area contributed by atoms with E-state index in [-0.39, 0.29) is 17.7 Å². The van der Waals surface area contributed by atoms with Crippen molar-refractivity contribution >= 4 is 29.4 Å². The van der Waals surface area contributed by atoms with Crippen molar-refractivity contribution in [3.63, 3.8) is 0 Å². The van der Waals surface area contributed by atoms with Crippen LogP contribution in [0.25, 0.3) is 0 Å². The second-order valence-corrected chi connectivity index (χ2v) is 4.45. The molecular formula is C10H13N3O5S. The van der Waals surface area contributed by atoms with E-state index in [0.717, 1.165) is 11.5 Å². The molecule has 9 heteroatoms. The molecule has 0 aliphatic carbocycles. The monoisotopic (exact) mass is 287 g/mol. The molecule has 0 radical (unpaired) electrons. The number of carbonyl (C=O) groups is 3. The van der Waals surface area contributed by atoms with Gasteiger partial charge in [0.05, 0.1) is 5.69 Å². The highest BCUT2D eigenvalue weighted by atomic mass is 32.1. The number of nitrogens with one attached hydrogen (secondary N) is 1. The number of nitrogens with zero attached hydrogens (tertiary/aromatic N) is 2. The van der Waals surface area contributed by atoms with Crippen molar-refractivity contribution in [1.29, 1.82) is 0 Å². The first-order valence-electron chi connectivity index (χ1n) is 5.52. The van der Waals surface area contributed by atoms with Crippen LogP contribution in [0.5, 0.6) is 0 Å². The number of aryl methyl sites for hydroxylation is 1. The zero-order chi connectivity index (χ0) is 14.4. The van der Waals surface area contributed by atoms with Crippen molar-refractivity contribution in [2.75, 3.05) is 0 Å². The minimum Gasteiger partial charge on any atom is -0.481 e. The van der Waals surface area contributed by atoms with Crippen LogP contribution in [0.1, 0.15) is 35.1 Å². The molecule has 0 bridgehead atoms. The quantitative estimate of drug-likeness (QED) is 0.650. The van der Waals surface area contributed by atoms with Gasteiger partial charge in [0, 0.05) is 6.42 Å². The number of carboxylic acids is 2. The van der Waals surface area contributed by atoms with Crippen molar-refractivity contribution in [3.8, 4) is 0 Å². The smallest absolute Gasteiger partial charge is 0.326 e. The average Bonchev–Trinajstić information content (AvgIpc) is 2.81. The summed E-state index contributed by atoms with van der Waals surface area (Å²) in [5.74, 6) is -2.98. The van der Waals surface area contributed by atoms with Gasteiger partial charge in [-0.1, -0.05) is 11.4 Å². The highest BCUT2D eigenvalue weighted by molar-refractivity contribution is 7.08. The minimum absolute atomic E-state index is 0.176. The molecule has 1 atom stereocenters. The van der Waals surface area contributed by atoms with Crippen LogP contribution in [0.15, 0.2) is 0 Å². The van der Waals surface area contributed by atoms with Gasteiger partial charge >= 0.3 is 11.9 Å². The molecule has 0 aliphatic heterocycles. The van der Waals surface area contributed by atoms with E-state index in [4.69, 9.17) is 10.2 Å². The second-order valence-electron chi connectivity index (χ2n) is 3.70. The highest BCUT2D eigenvalue weighted by Gasteiger charge is 2.24. The van der Waals surface area contributed by atoms with E-state index in [2.05, 4.69) is 14.9 Å². The van der Waals surface area contributed by atoms with Crippen LogP contribution in [0.2, 0.25) is 0 Å². The Bertz CT molecular complexity index is 487. The molecular weight excluding hydrogens is 274 g/mol. The van der Waals surface area contributed by atoms with Gasteiger partial charge in [0.15, 0.2) is 0 Å². The third-order valence-corrected chi connectivity index (χ3v) is 3.11. The fourth-order valence-electron chi connectivity index (χ4n) is 1.36. The van der Waals surface area contributed by atoms with Gasteiger partial charge in [-0.15, -0.1) is 5.10 Å². The molecule has 0 aliphatic rings. The molecule has 0 unspecified atom stereocenters. The summed E-state index contributed by atoms with van der Waals surface area (Å²) in [7, 11) is 0. The summed E-state index contributed by atoms with van der Waals surface area (Å²) in [5.41, 5.74) is 0.491. The SMILES string of the molecule is CCc1nnsc1C(=O)N[C@@H](CCC(=O)O)C(=O)O. The molecule has 0 saturated heterocycles. The van der Waals surface area contributed by atoms with Crippen molar-refractivity contribution in [1.82, 2.24) is 14.9 Å². The average molecular weight is 287 g/mol. The van der Waals surface area contributed by atoms with Gasteiger partial charge < -0.3 is 15.5 Å². The van der Waals surface area contributed by atoms with Crippen LogP contribution in [-0.2, 0) is 16.0 Å². The summed E-state index contributed by atoms with van der Waals surface area (Å²) in [6.07, 6.45) is -0.00492. The highest BCUT2D eigenvalue weighted by Crippen LogP contribution is 2.11. The molecule has 1 aromatic rings. The van der Waals surface area contributed by atoms with Crippen molar-refractivity contribution in [3.05, 3.63) is 10.6 Å². The molecule has 8 nitrogen and oxygen atoms in total. The third kappa shape index (κ3) is 4.28. The molecule has 0 aromatic carbocycles. The van der Waals surface area contributed by atoms with Crippen LogP contribution in [0, 0.1) is 0 Å². The third-order valence-electron chi connectivity index (χ3n) is 2.35. The fraction of sp³-hybridized carbons (Fsp3) is 0.500. The molecule has 3 N–H and O–H groups in total.